The number of rotatable bonds is 7. The molecule has 3 heterocycles. The second-order valence-corrected chi connectivity index (χ2v) is 11.2. The van der Waals surface area contributed by atoms with E-state index in [2.05, 4.69) is 37.3 Å². The third-order valence-corrected chi connectivity index (χ3v) is 8.43. The molecule has 8 nitrogen and oxygen atoms in total. The van der Waals surface area contributed by atoms with Crippen molar-refractivity contribution in [1.29, 1.82) is 5.26 Å². The van der Waals surface area contributed by atoms with Crippen LogP contribution in [0.3, 0.4) is 0 Å². The van der Waals surface area contributed by atoms with E-state index in [0.29, 0.717) is 56.4 Å². The van der Waals surface area contributed by atoms with Crippen molar-refractivity contribution in [3.05, 3.63) is 106 Å². The molecule has 1 aliphatic carbocycles. The molecule has 0 bridgehead atoms. The third kappa shape index (κ3) is 4.74. The van der Waals surface area contributed by atoms with Gasteiger partial charge in [0.1, 0.15) is 17.6 Å². The lowest BCUT2D eigenvalue weighted by Crippen LogP contribution is -2.17. The van der Waals surface area contributed by atoms with Crippen molar-refractivity contribution in [2.24, 2.45) is 11.8 Å². The van der Waals surface area contributed by atoms with Gasteiger partial charge in [-0.2, -0.15) is 5.26 Å². The molecule has 2 aromatic heterocycles. The SMILES string of the molecule is N#Cc1cnc2c(Cl)cc(N[C@@H](c3ccccc3)c3cn([C@@H]4[C@@H]5CNC[C@@H]54)nn3)cc2c1Nc1ccc(F)c(Cl)c1. The van der Waals surface area contributed by atoms with E-state index in [4.69, 9.17) is 23.2 Å². The van der Waals surface area contributed by atoms with Gasteiger partial charge in [-0.25, -0.2) is 9.07 Å². The van der Waals surface area contributed by atoms with Gasteiger partial charge in [-0.3, -0.25) is 4.98 Å². The first-order valence-corrected chi connectivity index (χ1v) is 13.9. The van der Waals surface area contributed by atoms with E-state index in [9.17, 15) is 9.65 Å². The average molecular weight is 585 g/mol. The number of hydrogen-bond acceptors (Lipinski definition) is 7. The summed E-state index contributed by atoms with van der Waals surface area (Å²) in [5, 5.41) is 30.1. The van der Waals surface area contributed by atoms with Crippen LogP contribution in [0, 0.1) is 29.0 Å². The quantitative estimate of drug-likeness (QED) is 0.201. The maximum atomic E-state index is 13.8. The van der Waals surface area contributed by atoms with Crippen molar-refractivity contribution in [1.82, 2.24) is 25.3 Å². The Hall–Kier alpha value is -4.23. The second-order valence-electron chi connectivity index (χ2n) is 10.4. The van der Waals surface area contributed by atoms with Crippen LogP contribution in [-0.2, 0) is 0 Å². The fourth-order valence-corrected chi connectivity index (χ4v) is 6.22. The number of piperidine rings is 1. The summed E-state index contributed by atoms with van der Waals surface area (Å²) in [4.78, 5) is 4.44. The largest absolute Gasteiger partial charge is 0.373 e. The molecule has 1 saturated carbocycles. The third-order valence-electron chi connectivity index (χ3n) is 7.85. The van der Waals surface area contributed by atoms with Crippen LogP contribution < -0.4 is 16.0 Å². The normalized spacial score (nSPS) is 19.9. The summed E-state index contributed by atoms with van der Waals surface area (Å²) in [6.45, 7) is 2.03. The first-order valence-electron chi connectivity index (χ1n) is 13.2. The summed E-state index contributed by atoms with van der Waals surface area (Å²) in [7, 11) is 0. The van der Waals surface area contributed by atoms with E-state index < -0.39 is 5.82 Å². The number of pyridine rings is 1. The second kappa shape index (κ2) is 10.3. The highest BCUT2D eigenvalue weighted by Gasteiger charge is 2.55. The lowest BCUT2D eigenvalue weighted by molar-refractivity contribution is 0.509. The molecule has 3 N–H and O–H groups in total. The smallest absolute Gasteiger partial charge is 0.141 e. The monoisotopic (exact) mass is 584 g/mol. The maximum Gasteiger partial charge on any atom is 0.141 e. The molecule has 5 aromatic rings. The average Bonchev–Trinajstić information content (AvgIpc) is 3.31. The zero-order chi connectivity index (χ0) is 28.1. The molecule has 0 amide bonds. The Bertz CT molecular complexity index is 1810. The van der Waals surface area contributed by atoms with E-state index in [0.717, 1.165) is 24.3 Å². The van der Waals surface area contributed by atoms with Crippen LogP contribution in [0.2, 0.25) is 10.0 Å². The van der Waals surface area contributed by atoms with Gasteiger partial charge in [-0.15, -0.1) is 5.10 Å². The van der Waals surface area contributed by atoms with Crippen LogP contribution >= 0.6 is 23.2 Å². The van der Waals surface area contributed by atoms with Gasteiger partial charge in [0.2, 0.25) is 0 Å². The molecule has 0 radical (unpaired) electrons. The summed E-state index contributed by atoms with van der Waals surface area (Å²) in [5.74, 6) is 0.684. The van der Waals surface area contributed by atoms with Gasteiger partial charge < -0.3 is 16.0 Å². The zero-order valence-corrected chi connectivity index (χ0v) is 23.0. The molecule has 41 heavy (non-hydrogen) atoms. The molecule has 0 unspecified atom stereocenters. The Kier molecular flexibility index (Phi) is 6.47. The fraction of sp³-hybridized carbons (Fsp3) is 0.200. The number of benzene rings is 3. The summed E-state index contributed by atoms with van der Waals surface area (Å²) in [6.07, 6.45) is 3.49. The number of nitrogens with one attached hydrogen (secondary N) is 3. The maximum absolute atomic E-state index is 13.8. The van der Waals surface area contributed by atoms with Crippen molar-refractivity contribution < 1.29 is 4.39 Å². The van der Waals surface area contributed by atoms with Gasteiger partial charge in [-0.05, 0) is 35.9 Å². The molecule has 7 rings (SSSR count). The van der Waals surface area contributed by atoms with Gasteiger partial charge in [0.05, 0.1) is 45.1 Å². The summed E-state index contributed by atoms with van der Waals surface area (Å²) in [5.41, 5.74) is 4.33. The Morgan fingerprint density at radius 1 is 1.02 bits per heavy atom. The number of fused-ring (bicyclic) bond motifs is 2. The highest BCUT2D eigenvalue weighted by atomic mass is 35.5. The minimum absolute atomic E-state index is 0.0305. The minimum Gasteiger partial charge on any atom is -0.373 e. The lowest BCUT2D eigenvalue weighted by Gasteiger charge is -2.20. The van der Waals surface area contributed by atoms with Gasteiger partial charge in [0, 0.05) is 47.9 Å². The number of nitrogens with zero attached hydrogens (tertiary/aromatic N) is 5. The predicted molar refractivity (Wildman–Crippen MR) is 157 cm³/mol. The highest BCUT2D eigenvalue weighted by molar-refractivity contribution is 6.36. The van der Waals surface area contributed by atoms with Gasteiger partial charge in [0.25, 0.3) is 0 Å². The number of anilines is 3. The number of hydrogen-bond donors (Lipinski definition) is 3. The van der Waals surface area contributed by atoms with Crippen LogP contribution in [0.25, 0.3) is 10.9 Å². The van der Waals surface area contributed by atoms with Crippen molar-refractivity contribution >= 4 is 51.2 Å². The van der Waals surface area contributed by atoms with E-state index in [1.165, 1.54) is 18.3 Å². The Balaban J connectivity index is 1.28. The molecule has 4 atom stereocenters. The summed E-state index contributed by atoms with van der Waals surface area (Å²) >= 11 is 12.8. The molecule has 2 fully saturated rings. The first-order chi connectivity index (χ1) is 20.0. The molecular formula is C30H23Cl2FN8. The topological polar surface area (TPSA) is 103 Å². The van der Waals surface area contributed by atoms with E-state index in [1.54, 1.807) is 12.1 Å². The number of halogens is 3. The molecular weight excluding hydrogens is 562 g/mol. The molecule has 0 spiro atoms. The van der Waals surface area contributed by atoms with Crippen LogP contribution in [0.4, 0.5) is 21.5 Å². The zero-order valence-electron chi connectivity index (χ0n) is 21.5. The summed E-state index contributed by atoms with van der Waals surface area (Å²) < 4.78 is 15.8. The molecule has 1 aliphatic heterocycles. The van der Waals surface area contributed by atoms with E-state index in [-0.39, 0.29) is 11.1 Å². The van der Waals surface area contributed by atoms with E-state index in [1.807, 2.05) is 47.3 Å². The Labute approximate surface area is 245 Å². The van der Waals surface area contributed by atoms with Gasteiger partial charge in [0.15, 0.2) is 0 Å². The summed E-state index contributed by atoms with van der Waals surface area (Å²) in [6, 6.07) is 20.2. The van der Waals surface area contributed by atoms with E-state index >= 15 is 0 Å². The van der Waals surface area contributed by atoms with Crippen molar-refractivity contribution in [2.45, 2.75) is 12.1 Å². The molecule has 1 saturated heterocycles. The van der Waals surface area contributed by atoms with Gasteiger partial charge >= 0.3 is 0 Å². The van der Waals surface area contributed by atoms with Crippen molar-refractivity contribution in [3.63, 3.8) is 0 Å². The standard InChI is InChI=1S/C30H23Cl2FN8/c31-23-9-18(6-7-25(23)33)37-27-17(11-34)12-36-29-20(27)8-19(10-24(29)32)38-28(16-4-2-1-3-5-16)26-15-41(40-39-26)30-21-13-35-14-22(21)30/h1-10,12,15,21-22,28,30,35,38H,13-14H2,(H,36,37)/t21-,22+,28-,30-/m0/s1. The molecule has 204 valence electrons. The molecule has 3 aromatic carbocycles. The fourth-order valence-electron chi connectivity index (χ4n) is 5.77. The highest BCUT2D eigenvalue weighted by Crippen LogP contribution is 2.52. The Morgan fingerprint density at radius 2 is 1.80 bits per heavy atom. The lowest BCUT2D eigenvalue weighted by atomic mass is 10.0. The van der Waals surface area contributed by atoms with Crippen molar-refractivity contribution in [2.75, 3.05) is 23.7 Å². The first kappa shape index (κ1) is 25.7. The van der Waals surface area contributed by atoms with Gasteiger partial charge in [-0.1, -0.05) is 58.7 Å². The molecule has 11 heteroatoms. The van der Waals surface area contributed by atoms with Crippen LogP contribution in [0.15, 0.2) is 73.1 Å². The predicted octanol–water partition coefficient (Wildman–Crippen LogP) is 6.48. The van der Waals surface area contributed by atoms with Crippen LogP contribution in [-0.4, -0.2) is 33.1 Å². The number of aromatic nitrogens is 4. The van der Waals surface area contributed by atoms with Crippen LogP contribution in [0.1, 0.15) is 28.9 Å². The van der Waals surface area contributed by atoms with Crippen LogP contribution in [0.5, 0.6) is 0 Å². The molecule has 2 aliphatic rings. The minimum atomic E-state index is -0.530. The Morgan fingerprint density at radius 3 is 2.56 bits per heavy atom. The van der Waals surface area contributed by atoms with Crippen molar-refractivity contribution in [3.8, 4) is 6.07 Å². The number of nitriles is 1.